The molecule has 0 bridgehead atoms. The molecule has 0 aliphatic carbocycles. The van der Waals surface area contributed by atoms with E-state index in [0.717, 1.165) is 6.26 Å². The van der Waals surface area contributed by atoms with Gasteiger partial charge in [0.2, 0.25) is 21.8 Å². The fourth-order valence-electron chi connectivity index (χ4n) is 1.34. The number of carbonyl (C=O) groups is 2. The lowest BCUT2D eigenvalue weighted by molar-refractivity contribution is -0.134. The number of sulfone groups is 1. The van der Waals surface area contributed by atoms with E-state index in [1.165, 1.54) is 0 Å². The van der Waals surface area contributed by atoms with Gasteiger partial charge in [0.05, 0.1) is 0 Å². The molecule has 0 aromatic carbocycles. The van der Waals surface area contributed by atoms with Gasteiger partial charge in [0, 0.05) is 12.7 Å². The van der Waals surface area contributed by atoms with Crippen molar-refractivity contribution < 1.29 is 26.4 Å². The Morgan fingerprint density at radius 2 is 1.88 bits per heavy atom. The molecule has 2 amide bonds. The van der Waals surface area contributed by atoms with Gasteiger partial charge in [-0.05, 0) is 6.42 Å². The number of hydrogen-bond acceptors (Lipinski definition) is 6. The summed E-state index contributed by atoms with van der Waals surface area (Å²) in [6.45, 7) is 0. The second kappa shape index (κ2) is 4.70. The van der Waals surface area contributed by atoms with E-state index in [9.17, 15) is 26.4 Å². The van der Waals surface area contributed by atoms with Crippen LogP contribution in [0.25, 0.3) is 0 Å². The van der Waals surface area contributed by atoms with Crippen molar-refractivity contribution in [1.82, 2.24) is 10.0 Å². The summed E-state index contributed by atoms with van der Waals surface area (Å²) in [6, 6.07) is -1.10. The minimum Gasteiger partial charge on any atom is -0.295 e. The van der Waals surface area contributed by atoms with Crippen LogP contribution in [0.4, 0.5) is 0 Å². The third-order valence-electron chi connectivity index (χ3n) is 1.93. The van der Waals surface area contributed by atoms with Crippen molar-refractivity contribution in [3.63, 3.8) is 0 Å². The fraction of sp³-hybridized carbons (Fsp3) is 0.714. The van der Waals surface area contributed by atoms with Crippen LogP contribution in [0, 0.1) is 0 Å². The second-order valence-corrected chi connectivity index (χ2v) is 8.04. The largest absolute Gasteiger partial charge is 0.295 e. The van der Waals surface area contributed by atoms with E-state index in [-0.39, 0.29) is 12.8 Å². The molecule has 2 N–H and O–H groups in total. The Hall–Kier alpha value is -1.00. The van der Waals surface area contributed by atoms with Gasteiger partial charge < -0.3 is 0 Å². The first-order valence-electron chi connectivity index (χ1n) is 4.60. The van der Waals surface area contributed by atoms with E-state index in [4.69, 9.17) is 0 Å². The molecule has 0 aromatic rings. The quantitative estimate of drug-likeness (QED) is 0.560. The maximum Gasteiger partial charge on any atom is 0.244 e. The number of imide groups is 1. The number of piperidine rings is 1. The molecule has 1 fully saturated rings. The van der Waals surface area contributed by atoms with Gasteiger partial charge in [0.25, 0.3) is 0 Å². The summed E-state index contributed by atoms with van der Waals surface area (Å²) in [5.41, 5.74) is 0. The third-order valence-corrected chi connectivity index (χ3v) is 5.53. The van der Waals surface area contributed by atoms with Crippen LogP contribution >= 0.6 is 0 Å². The molecular formula is C7H12N2O6S2. The van der Waals surface area contributed by atoms with Gasteiger partial charge in [-0.1, -0.05) is 0 Å². The number of hydrogen-bond donors (Lipinski definition) is 2. The molecule has 1 rings (SSSR count). The lowest BCUT2D eigenvalue weighted by Gasteiger charge is -2.21. The molecule has 1 aliphatic rings. The summed E-state index contributed by atoms with van der Waals surface area (Å²) in [5, 5.41) is 0.875. The van der Waals surface area contributed by atoms with Crippen LogP contribution in [-0.2, 0) is 29.4 Å². The lowest BCUT2D eigenvalue weighted by Crippen LogP contribution is -2.52. The van der Waals surface area contributed by atoms with Crippen molar-refractivity contribution in [1.29, 1.82) is 0 Å². The van der Waals surface area contributed by atoms with Gasteiger partial charge in [-0.25, -0.2) is 21.6 Å². The van der Waals surface area contributed by atoms with E-state index in [1.807, 2.05) is 10.0 Å². The van der Waals surface area contributed by atoms with Crippen LogP contribution in [-0.4, -0.2) is 46.0 Å². The Kier molecular flexibility index (Phi) is 3.89. The van der Waals surface area contributed by atoms with E-state index < -0.39 is 42.8 Å². The van der Waals surface area contributed by atoms with Gasteiger partial charge in [-0.3, -0.25) is 14.9 Å². The number of rotatable bonds is 4. The molecule has 10 heteroatoms. The summed E-state index contributed by atoms with van der Waals surface area (Å²) >= 11 is 0. The van der Waals surface area contributed by atoms with E-state index in [1.54, 1.807) is 0 Å². The van der Waals surface area contributed by atoms with Crippen molar-refractivity contribution in [3.05, 3.63) is 0 Å². The molecule has 1 unspecified atom stereocenters. The Morgan fingerprint density at radius 1 is 1.29 bits per heavy atom. The van der Waals surface area contributed by atoms with Crippen molar-refractivity contribution in [2.45, 2.75) is 18.9 Å². The Balaban J connectivity index is 2.72. The highest BCUT2D eigenvalue weighted by Crippen LogP contribution is 2.06. The summed E-state index contributed by atoms with van der Waals surface area (Å²) < 4.78 is 46.4. The van der Waals surface area contributed by atoms with Crippen LogP contribution in [0.5, 0.6) is 0 Å². The minimum atomic E-state index is -4.10. The summed E-state index contributed by atoms with van der Waals surface area (Å²) in [7, 11) is -7.81. The van der Waals surface area contributed by atoms with E-state index >= 15 is 0 Å². The molecular weight excluding hydrogens is 272 g/mol. The molecule has 0 radical (unpaired) electrons. The van der Waals surface area contributed by atoms with Crippen molar-refractivity contribution in [2.75, 3.05) is 11.3 Å². The fourth-order valence-corrected chi connectivity index (χ4v) is 4.52. The first kappa shape index (κ1) is 14.1. The summed E-state index contributed by atoms with van der Waals surface area (Å²) in [6.07, 6.45) is 0.808. The average molecular weight is 284 g/mol. The first-order chi connectivity index (χ1) is 7.59. The van der Waals surface area contributed by atoms with Crippen molar-refractivity contribution in [3.8, 4) is 0 Å². The van der Waals surface area contributed by atoms with Crippen LogP contribution < -0.4 is 10.0 Å². The van der Waals surface area contributed by atoms with Gasteiger partial charge in [0.15, 0.2) is 14.9 Å². The maximum absolute atomic E-state index is 11.4. The molecule has 1 atom stereocenters. The molecule has 1 saturated heterocycles. The van der Waals surface area contributed by atoms with Crippen molar-refractivity contribution >= 4 is 31.7 Å². The van der Waals surface area contributed by atoms with Crippen LogP contribution in [0.1, 0.15) is 12.8 Å². The summed E-state index contributed by atoms with van der Waals surface area (Å²) in [5.74, 6) is -1.24. The topological polar surface area (TPSA) is 126 Å². The van der Waals surface area contributed by atoms with Gasteiger partial charge in [0.1, 0.15) is 6.04 Å². The van der Waals surface area contributed by atoms with Gasteiger partial charge >= 0.3 is 0 Å². The molecule has 17 heavy (non-hydrogen) atoms. The predicted molar refractivity (Wildman–Crippen MR) is 57.9 cm³/mol. The highest BCUT2D eigenvalue weighted by molar-refractivity contribution is 8.06. The van der Waals surface area contributed by atoms with Crippen LogP contribution in [0.15, 0.2) is 0 Å². The molecule has 1 heterocycles. The van der Waals surface area contributed by atoms with Gasteiger partial charge in [-0.15, -0.1) is 0 Å². The van der Waals surface area contributed by atoms with Crippen LogP contribution in [0.2, 0.25) is 0 Å². The molecule has 0 spiro atoms. The predicted octanol–water partition coefficient (Wildman–Crippen LogP) is -2.29. The standard InChI is InChI=1S/C7H12N2O6S2/c1-16(12,13)4-17(14,15)9-5-2-3-6(10)8-7(5)11/h5,9H,2-4H2,1H3,(H,8,10,11). The van der Waals surface area contributed by atoms with E-state index in [0.29, 0.717) is 0 Å². The average Bonchev–Trinajstić information content (AvgIpc) is 2.05. The molecule has 98 valence electrons. The molecule has 1 aliphatic heterocycles. The monoisotopic (exact) mass is 284 g/mol. The Labute approximate surface area is 98.7 Å². The van der Waals surface area contributed by atoms with E-state index in [2.05, 4.69) is 0 Å². The zero-order valence-corrected chi connectivity index (χ0v) is 10.6. The minimum absolute atomic E-state index is 0.0117. The van der Waals surface area contributed by atoms with Crippen LogP contribution in [0.3, 0.4) is 0 Å². The van der Waals surface area contributed by atoms with Crippen molar-refractivity contribution in [2.24, 2.45) is 0 Å². The molecule has 8 nitrogen and oxygen atoms in total. The zero-order valence-electron chi connectivity index (χ0n) is 8.96. The number of sulfonamides is 1. The number of carbonyl (C=O) groups excluding carboxylic acids is 2. The Morgan fingerprint density at radius 3 is 2.35 bits per heavy atom. The number of nitrogens with one attached hydrogen (secondary N) is 2. The second-order valence-electron chi connectivity index (χ2n) is 3.78. The smallest absolute Gasteiger partial charge is 0.244 e. The lowest BCUT2D eigenvalue weighted by atomic mass is 10.1. The normalized spacial score (nSPS) is 22.3. The molecule has 0 aromatic heterocycles. The highest BCUT2D eigenvalue weighted by Gasteiger charge is 2.31. The number of amides is 2. The zero-order chi connectivity index (χ0) is 13.3. The molecule has 0 saturated carbocycles. The van der Waals surface area contributed by atoms with Gasteiger partial charge in [-0.2, -0.15) is 0 Å². The summed E-state index contributed by atoms with van der Waals surface area (Å²) in [4.78, 5) is 22.0. The first-order valence-corrected chi connectivity index (χ1v) is 8.32. The SMILES string of the molecule is CS(=O)(=O)CS(=O)(=O)NC1CCC(=O)NC1=O. The third kappa shape index (κ3) is 4.79. The maximum atomic E-state index is 11.4. The highest BCUT2D eigenvalue weighted by atomic mass is 32.3. The Bertz CT molecular complexity index is 535.